The Bertz CT molecular complexity index is 563. The summed E-state index contributed by atoms with van der Waals surface area (Å²) in [6.45, 7) is 3.34. The number of hydrogen-bond acceptors (Lipinski definition) is 2. The second-order valence-corrected chi connectivity index (χ2v) is 6.04. The first-order valence-corrected chi connectivity index (χ1v) is 7.32. The highest BCUT2D eigenvalue weighted by Gasteiger charge is 2.27. The molecule has 1 saturated carbocycles. The lowest BCUT2D eigenvalue weighted by Gasteiger charge is -2.13. The van der Waals surface area contributed by atoms with Gasteiger partial charge in [-0.2, -0.15) is 0 Å². The van der Waals surface area contributed by atoms with Gasteiger partial charge in [-0.3, -0.25) is 0 Å². The van der Waals surface area contributed by atoms with Gasteiger partial charge in [-0.15, -0.1) is 0 Å². The van der Waals surface area contributed by atoms with Gasteiger partial charge in [0.25, 0.3) is 0 Å². The fourth-order valence-electron chi connectivity index (χ4n) is 2.40. The number of benzene rings is 1. The van der Waals surface area contributed by atoms with Crippen LogP contribution in [0.15, 0.2) is 34.9 Å². The SMILES string of the molecule is CC(CNc1nccc2c(Br)cccc12)C1CC1. The summed E-state index contributed by atoms with van der Waals surface area (Å²) in [6.07, 6.45) is 4.67. The zero-order valence-corrected chi connectivity index (χ0v) is 12.1. The average Bonchev–Trinajstić information content (AvgIpc) is 3.21. The number of halogens is 1. The maximum atomic E-state index is 4.47. The first-order valence-electron chi connectivity index (χ1n) is 6.53. The molecule has 1 aliphatic rings. The molecule has 0 bridgehead atoms. The Balaban J connectivity index is 1.84. The predicted molar refractivity (Wildman–Crippen MR) is 79.8 cm³/mol. The van der Waals surface area contributed by atoms with E-state index in [2.05, 4.69) is 57.4 Å². The molecule has 1 N–H and O–H groups in total. The molecular formula is C15H17BrN2. The standard InChI is InChI=1S/C15H17BrN2/c1-10(11-5-6-11)9-18-15-13-3-2-4-14(16)12(13)7-8-17-15/h2-4,7-8,10-11H,5-6,9H2,1H3,(H,17,18). The number of nitrogens with one attached hydrogen (secondary N) is 1. The van der Waals surface area contributed by atoms with Gasteiger partial charge in [0.05, 0.1) is 0 Å². The summed E-state index contributed by atoms with van der Waals surface area (Å²) in [7, 11) is 0. The van der Waals surface area contributed by atoms with E-state index in [1.165, 1.54) is 23.6 Å². The lowest BCUT2D eigenvalue weighted by atomic mass is 10.1. The maximum Gasteiger partial charge on any atom is 0.133 e. The number of anilines is 1. The number of pyridine rings is 1. The first kappa shape index (κ1) is 12.0. The van der Waals surface area contributed by atoms with E-state index in [4.69, 9.17) is 0 Å². The highest BCUT2D eigenvalue weighted by Crippen LogP contribution is 2.36. The second-order valence-electron chi connectivity index (χ2n) is 5.19. The van der Waals surface area contributed by atoms with Crippen molar-refractivity contribution in [1.29, 1.82) is 0 Å². The molecule has 0 spiro atoms. The Kier molecular flexibility index (Phi) is 3.25. The summed E-state index contributed by atoms with van der Waals surface area (Å²) in [5.74, 6) is 2.68. The number of aromatic nitrogens is 1. The van der Waals surface area contributed by atoms with Crippen molar-refractivity contribution in [3.8, 4) is 0 Å². The summed E-state index contributed by atoms with van der Waals surface area (Å²) in [5, 5.41) is 5.91. The third kappa shape index (κ3) is 2.37. The molecule has 18 heavy (non-hydrogen) atoms. The summed E-state index contributed by atoms with van der Waals surface area (Å²) >= 11 is 3.59. The predicted octanol–water partition coefficient (Wildman–Crippen LogP) is 4.46. The fraction of sp³-hybridized carbons (Fsp3) is 0.400. The van der Waals surface area contributed by atoms with Crippen LogP contribution in [0.2, 0.25) is 0 Å². The smallest absolute Gasteiger partial charge is 0.133 e. The Morgan fingerprint density at radius 3 is 2.94 bits per heavy atom. The number of fused-ring (bicyclic) bond motifs is 1. The summed E-state index contributed by atoms with van der Waals surface area (Å²) in [6, 6.07) is 8.30. The lowest BCUT2D eigenvalue weighted by Crippen LogP contribution is -2.13. The molecular weight excluding hydrogens is 288 g/mol. The van der Waals surface area contributed by atoms with Crippen LogP contribution in [0, 0.1) is 11.8 Å². The Morgan fingerprint density at radius 1 is 1.33 bits per heavy atom. The van der Waals surface area contributed by atoms with E-state index in [-0.39, 0.29) is 0 Å². The van der Waals surface area contributed by atoms with Gasteiger partial charge in [-0.05, 0) is 36.8 Å². The minimum Gasteiger partial charge on any atom is -0.369 e. The zero-order valence-electron chi connectivity index (χ0n) is 10.5. The van der Waals surface area contributed by atoms with Crippen LogP contribution in [0.4, 0.5) is 5.82 Å². The first-order chi connectivity index (χ1) is 8.75. The van der Waals surface area contributed by atoms with E-state index >= 15 is 0 Å². The third-order valence-electron chi connectivity index (χ3n) is 3.77. The molecule has 3 heteroatoms. The van der Waals surface area contributed by atoms with Gasteiger partial charge in [-0.25, -0.2) is 4.98 Å². The summed E-state index contributed by atoms with van der Waals surface area (Å²) in [5.41, 5.74) is 0. The molecule has 1 aromatic carbocycles. The van der Waals surface area contributed by atoms with E-state index in [0.717, 1.165) is 28.7 Å². The largest absolute Gasteiger partial charge is 0.369 e. The van der Waals surface area contributed by atoms with Gasteiger partial charge >= 0.3 is 0 Å². The van der Waals surface area contributed by atoms with E-state index < -0.39 is 0 Å². The van der Waals surface area contributed by atoms with E-state index in [1.54, 1.807) is 0 Å². The lowest BCUT2D eigenvalue weighted by molar-refractivity contribution is 0.536. The topological polar surface area (TPSA) is 24.9 Å². The van der Waals surface area contributed by atoms with Crippen molar-refractivity contribution in [1.82, 2.24) is 4.98 Å². The van der Waals surface area contributed by atoms with Crippen LogP contribution in [0.1, 0.15) is 19.8 Å². The molecule has 1 unspecified atom stereocenters. The number of nitrogens with zero attached hydrogens (tertiary/aromatic N) is 1. The van der Waals surface area contributed by atoms with Gasteiger partial charge < -0.3 is 5.32 Å². The molecule has 1 heterocycles. The Labute approximate surface area is 116 Å². The highest BCUT2D eigenvalue weighted by molar-refractivity contribution is 9.10. The van der Waals surface area contributed by atoms with Crippen LogP contribution in [0.3, 0.4) is 0 Å². The molecule has 1 atom stereocenters. The summed E-state index contributed by atoms with van der Waals surface area (Å²) in [4.78, 5) is 4.47. The van der Waals surface area contributed by atoms with E-state index in [9.17, 15) is 0 Å². The van der Waals surface area contributed by atoms with Gasteiger partial charge in [0.1, 0.15) is 5.82 Å². The average molecular weight is 305 g/mol. The molecule has 2 nitrogen and oxygen atoms in total. The fourth-order valence-corrected chi connectivity index (χ4v) is 2.90. The van der Waals surface area contributed by atoms with Gasteiger partial charge in [0.2, 0.25) is 0 Å². The van der Waals surface area contributed by atoms with Gasteiger partial charge in [-0.1, -0.05) is 35.0 Å². The molecule has 94 valence electrons. The van der Waals surface area contributed by atoms with E-state index in [0.29, 0.717) is 0 Å². The quantitative estimate of drug-likeness (QED) is 0.902. The number of hydrogen-bond donors (Lipinski definition) is 1. The monoisotopic (exact) mass is 304 g/mol. The van der Waals surface area contributed by atoms with Crippen molar-refractivity contribution in [2.45, 2.75) is 19.8 Å². The molecule has 1 fully saturated rings. The van der Waals surface area contributed by atoms with Crippen LogP contribution in [-0.2, 0) is 0 Å². The molecule has 0 saturated heterocycles. The van der Waals surface area contributed by atoms with Crippen molar-refractivity contribution in [2.75, 3.05) is 11.9 Å². The van der Waals surface area contributed by atoms with E-state index in [1.807, 2.05) is 6.20 Å². The van der Waals surface area contributed by atoms with Crippen LogP contribution in [0.5, 0.6) is 0 Å². The molecule has 3 rings (SSSR count). The minimum absolute atomic E-state index is 0.745. The molecule has 2 aromatic rings. The zero-order chi connectivity index (χ0) is 12.5. The third-order valence-corrected chi connectivity index (χ3v) is 4.46. The van der Waals surface area contributed by atoms with Crippen molar-refractivity contribution >= 4 is 32.5 Å². The highest BCUT2D eigenvalue weighted by atomic mass is 79.9. The maximum absolute atomic E-state index is 4.47. The minimum atomic E-state index is 0.745. The van der Waals surface area contributed by atoms with Crippen LogP contribution < -0.4 is 5.32 Å². The molecule has 0 aliphatic heterocycles. The summed E-state index contributed by atoms with van der Waals surface area (Å²) < 4.78 is 1.13. The van der Waals surface area contributed by atoms with Crippen molar-refractivity contribution < 1.29 is 0 Å². The molecule has 0 amide bonds. The molecule has 0 radical (unpaired) electrons. The molecule has 1 aromatic heterocycles. The van der Waals surface area contributed by atoms with Gasteiger partial charge in [0, 0.05) is 28.0 Å². The van der Waals surface area contributed by atoms with Crippen LogP contribution in [0.25, 0.3) is 10.8 Å². The van der Waals surface area contributed by atoms with Crippen molar-refractivity contribution in [3.63, 3.8) is 0 Å². The Morgan fingerprint density at radius 2 is 2.17 bits per heavy atom. The van der Waals surface area contributed by atoms with Gasteiger partial charge in [0.15, 0.2) is 0 Å². The second kappa shape index (κ2) is 4.88. The van der Waals surface area contributed by atoms with Crippen LogP contribution >= 0.6 is 15.9 Å². The van der Waals surface area contributed by atoms with Crippen molar-refractivity contribution in [2.24, 2.45) is 11.8 Å². The van der Waals surface area contributed by atoms with Crippen LogP contribution in [-0.4, -0.2) is 11.5 Å². The number of rotatable bonds is 4. The Hall–Kier alpha value is -1.09. The van der Waals surface area contributed by atoms with Crippen molar-refractivity contribution in [3.05, 3.63) is 34.9 Å². The normalized spacial score (nSPS) is 16.8. The molecule has 1 aliphatic carbocycles.